The first kappa shape index (κ1) is 30.5. The molecule has 3 aromatic rings. The fourth-order valence-corrected chi connectivity index (χ4v) is 5.32. The van der Waals surface area contributed by atoms with Crippen LogP contribution in [0.1, 0.15) is 86.1 Å². The van der Waals surface area contributed by atoms with Crippen molar-refractivity contribution < 1.29 is 9.59 Å². The predicted molar refractivity (Wildman–Crippen MR) is 166 cm³/mol. The van der Waals surface area contributed by atoms with Crippen LogP contribution in [0.4, 0.5) is 11.6 Å². The van der Waals surface area contributed by atoms with Crippen molar-refractivity contribution in [1.29, 1.82) is 0 Å². The van der Waals surface area contributed by atoms with E-state index in [0.29, 0.717) is 17.2 Å². The van der Waals surface area contributed by atoms with E-state index in [1.807, 2.05) is 41.3 Å². The molecule has 1 aliphatic heterocycles. The van der Waals surface area contributed by atoms with Crippen LogP contribution in [-0.2, 0) is 6.54 Å². The van der Waals surface area contributed by atoms with Crippen molar-refractivity contribution in [1.82, 2.24) is 29.2 Å². The lowest BCUT2D eigenvalue weighted by Crippen LogP contribution is -2.33. The fourth-order valence-electron chi connectivity index (χ4n) is 5.32. The summed E-state index contributed by atoms with van der Waals surface area (Å²) in [4.78, 5) is 41.7. The molecule has 1 aromatic carbocycles. The summed E-state index contributed by atoms with van der Waals surface area (Å²) in [5.41, 5.74) is 3.43. The minimum absolute atomic E-state index is 0.00877. The number of aromatic nitrogens is 3. The molecule has 222 valence electrons. The number of unbranched alkanes of at least 4 members (excludes halogenated alkanes) is 2. The molecule has 0 spiro atoms. The second kappa shape index (κ2) is 15.0. The average molecular weight is 562 g/mol. The standard InChI is InChI=1S/C32H47N7O2/c1-5-7-22-38(23-8-6-2)31(41)28-18-17-27-29(34-28)39(24-12-21-37-19-10-9-11-20-37)32(35-27)33-26-15-13-25(14-16-26)30(40)36(3)4/h13-18H,5-12,19-24H2,1-4H3,(H,33,35). The smallest absolute Gasteiger partial charge is 0.272 e. The van der Waals surface area contributed by atoms with Gasteiger partial charge in [-0.3, -0.25) is 14.2 Å². The van der Waals surface area contributed by atoms with E-state index in [-0.39, 0.29) is 11.8 Å². The number of piperidine rings is 1. The van der Waals surface area contributed by atoms with Gasteiger partial charge in [0.25, 0.3) is 11.8 Å². The molecule has 4 rings (SSSR count). The number of imidazole rings is 1. The number of carbonyl (C=O) groups is 2. The molecule has 3 heterocycles. The monoisotopic (exact) mass is 561 g/mol. The molecule has 1 fully saturated rings. The summed E-state index contributed by atoms with van der Waals surface area (Å²) in [5, 5.41) is 3.45. The van der Waals surface area contributed by atoms with Crippen LogP contribution in [0.15, 0.2) is 36.4 Å². The van der Waals surface area contributed by atoms with Gasteiger partial charge in [0.2, 0.25) is 5.95 Å². The Morgan fingerprint density at radius 2 is 1.51 bits per heavy atom. The van der Waals surface area contributed by atoms with E-state index >= 15 is 0 Å². The van der Waals surface area contributed by atoms with E-state index < -0.39 is 0 Å². The molecule has 1 aliphatic rings. The Morgan fingerprint density at radius 1 is 0.829 bits per heavy atom. The number of nitrogens with one attached hydrogen (secondary N) is 1. The number of nitrogens with zero attached hydrogens (tertiary/aromatic N) is 6. The maximum atomic E-state index is 13.5. The fraction of sp³-hybridized carbons (Fsp3) is 0.562. The molecule has 0 saturated carbocycles. The predicted octanol–water partition coefficient (Wildman–Crippen LogP) is 5.80. The summed E-state index contributed by atoms with van der Waals surface area (Å²) >= 11 is 0. The zero-order valence-electron chi connectivity index (χ0n) is 25.4. The summed E-state index contributed by atoms with van der Waals surface area (Å²) in [6.07, 6.45) is 8.90. The summed E-state index contributed by atoms with van der Waals surface area (Å²) in [6, 6.07) is 11.2. The second-order valence-electron chi connectivity index (χ2n) is 11.3. The van der Waals surface area contributed by atoms with Gasteiger partial charge in [0, 0.05) is 45.0 Å². The van der Waals surface area contributed by atoms with Gasteiger partial charge in [-0.25, -0.2) is 9.97 Å². The molecule has 1 N–H and O–H groups in total. The number of benzene rings is 1. The van der Waals surface area contributed by atoms with Crippen LogP contribution >= 0.6 is 0 Å². The van der Waals surface area contributed by atoms with Gasteiger partial charge in [-0.05, 0) is 88.1 Å². The van der Waals surface area contributed by atoms with E-state index in [1.165, 1.54) is 19.3 Å². The second-order valence-corrected chi connectivity index (χ2v) is 11.3. The SMILES string of the molecule is CCCCN(CCCC)C(=O)c1ccc2nc(Nc3ccc(C(=O)N(C)C)cc3)n(CCCN3CCCCC3)c2n1. The molecule has 9 heteroatoms. The zero-order valence-corrected chi connectivity index (χ0v) is 25.4. The molecule has 9 nitrogen and oxygen atoms in total. The Bertz CT molecular complexity index is 1270. The maximum absolute atomic E-state index is 13.5. The molecule has 0 bridgehead atoms. The van der Waals surface area contributed by atoms with Crippen LogP contribution in [0.5, 0.6) is 0 Å². The van der Waals surface area contributed by atoms with Crippen molar-refractivity contribution in [2.45, 2.75) is 71.8 Å². The Hall–Kier alpha value is -3.46. The zero-order chi connectivity index (χ0) is 29.2. The number of rotatable bonds is 14. The van der Waals surface area contributed by atoms with E-state index in [2.05, 4.69) is 28.6 Å². The van der Waals surface area contributed by atoms with Gasteiger partial charge in [-0.1, -0.05) is 33.1 Å². The molecule has 0 unspecified atom stereocenters. The van der Waals surface area contributed by atoms with Gasteiger partial charge in [0.1, 0.15) is 11.2 Å². The highest BCUT2D eigenvalue weighted by Crippen LogP contribution is 2.24. The molecule has 41 heavy (non-hydrogen) atoms. The van der Waals surface area contributed by atoms with Crippen LogP contribution in [0.3, 0.4) is 0 Å². The van der Waals surface area contributed by atoms with Gasteiger partial charge < -0.3 is 20.0 Å². The average Bonchev–Trinajstić information content (AvgIpc) is 3.33. The van der Waals surface area contributed by atoms with Crippen LogP contribution in [-0.4, -0.2) is 87.9 Å². The molecule has 2 aromatic heterocycles. The van der Waals surface area contributed by atoms with E-state index in [9.17, 15) is 9.59 Å². The van der Waals surface area contributed by atoms with Crippen LogP contribution in [0.2, 0.25) is 0 Å². The molecular formula is C32H47N7O2. The summed E-state index contributed by atoms with van der Waals surface area (Å²) in [7, 11) is 3.50. The number of anilines is 2. The summed E-state index contributed by atoms with van der Waals surface area (Å²) in [5.74, 6) is 0.650. The highest BCUT2D eigenvalue weighted by Gasteiger charge is 2.20. The topological polar surface area (TPSA) is 86.6 Å². The number of aryl methyl sites for hydroxylation is 1. The molecule has 1 saturated heterocycles. The van der Waals surface area contributed by atoms with Gasteiger partial charge in [-0.15, -0.1) is 0 Å². The van der Waals surface area contributed by atoms with Crippen molar-refractivity contribution >= 4 is 34.6 Å². The van der Waals surface area contributed by atoms with Crippen molar-refractivity contribution in [3.05, 3.63) is 47.7 Å². The first-order valence-electron chi connectivity index (χ1n) is 15.4. The first-order chi connectivity index (χ1) is 19.9. The Morgan fingerprint density at radius 3 is 2.15 bits per heavy atom. The number of amides is 2. The third-order valence-electron chi connectivity index (χ3n) is 7.76. The van der Waals surface area contributed by atoms with Gasteiger partial charge in [0.15, 0.2) is 5.65 Å². The van der Waals surface area contributed by atoms with E-state index in [0.717, 1.165) is 88.2 Å². The normalized spacial score (nSPS) is 13.9. The van der Waals surface area contributed by atoms with Crippen LogP contribution in [0.25, 0.3) is 11.2 Å². The minimum Gasteiger partial charge on any atom is -0.345 e. The van der Waals surface area contributed by atoms with Gasteiger partial charge in [0.05, 0.1) is 0 Å². The largest absolute Gasteiger partial charge is 0.345 e. The maximum Gasteiger partial charge on any atom is 0.272 e. The highest BCUT2D eigenvalue weighted by atomic mass is 16.2. The van der Waals surface area contributed by atoms with Crippen LogP contribution < -0.4 is 5.32 Å². The molecule has 0 radical (unpaired) electrons. The summed E-state index contributed by atoms with van der Waals surface area (Å²) < 4.78 is 2.11. The third-order valence-corrected chi connectivity index (χ3v) is 7.76. The lowest BCUT2D eigenvalue weighted by Gasteiger charge is -2.26. The summed E-state index contributed by atoms with van der Waals surface area (Å²) in [6.45, 7) is 9.90. The lowest BCUT2D eigenvalue weighted by atomic mass is 10.1. The number of pyridine rings is 1. The van der Waals surface area contributed by atoms with Gasteiger partial charge in [-0.2, -0.15) is 0 Å². The van der Waals surface area contributed by atoms with E-state index in [4.69, 9.17) is 9.97 Å². The minimum atomic E-state index is -0.0326. The van der Waals surface area contributed by atoms with Crippen molar-refractivity contribution in [2.24, 2.45) is 0 Å². The number of carbonyl (C=O) groups excluding carboxylic acids is 2. The van der Waals surface area contributed by atoms with Crippen molar-refractivity contribution in [2.75, 3.05) is 52.1 Å². The van der Waals surface area contributed by atoms with Crippen LogP contribution in [0, 0.1) is 0 Å². The lowest BCUT2D eigenvalue weighted by molar-refractivity contribution is 0.0745. The first-order valence-corrected chi connectivity index (χ1v) is 15.4. The Balaban J connectivity index is 1.61. The van der Waals surface area contributed by atoms with Crippen molar-refractivity contribution in [3.63, 3.8) is 0 Å². The Kier molecular flexibility index (Phi) is 11.1. The highest BCUT2D eigenvalue weighted by molar-refractivity contribution is 5.95. The molecule has 0 aliphatic carbocycles. The molecular weight excluding hydrogens is 514 g/mol. The molecule has 0 atom stereocenters. The van der Waals surface area contributed by atoms with Gasteiger partial charge >= 0.3 is 0 Å². The third kappa shape index (κ3) is 8.06. The van der Waals surface area contributed by atoms with Crippen molar-refractivity contribution in [3.8, 4) is 0 Å². The quantitative estimate of drug-likeness (QED) is 0.268. The number of likely N-dealkylation sites (tertiary alicyclic amines) is 1. The number of hydrogen-bond donors (Lipinski definition) is 1. The molecule has 2 amide bonds. The number of hydrogen-bond acceptors (Lipinski definition) is 6. The Labute approximate surface area is 244 Å². The number of fused-ring (bicyclic) bond motifs is 1. The van der Waals surface area contributed by atoms with E-state index in [1.54, 1.807) is 19.0 Å².